The summed E-state index contributed by atoms with van der Waals surface area (Å²) in [5, 5.41) is 3.60. The topological polar surface area (TPSA) is 15.3 Å². The first-order valence-corrected chi connectivity index (χ1v) is 7.52. The van der Waals surface area contributed by atoms with E-state index < -0.39 is 0 Å². The maximum atomic E-state index is 3.60. The molecule has 90 valence electrons. The van der Waals surface area contributed by atoms with E-state index in [9.17, 15) is 0 Å². The molecule has 1 aliphatic rings. The molecule has 1 rings (SSSR count). The molecule has 0 amide bonds. The van der Waals surface area contributed by atoms with Crippen molar-refractivity contribution in [3.05, 3.63) is 0 Å². The molecule has 0 aromatic carbocycles. The van der Waals surface area contributed by atoms with Crippen LogP contribution in [0.5, 0.6) is 0 Å². The second-order valence-corrected chi connectivity index (χ2v) is 5.81. The van der Waals surface area contributed by atoms with Gasteiger partial charge in [-0.15, -0.1) is 0 Å². The number of nitrogens with zero attached hydrogens (tertiary/aromatic N) is 1. The Bertz CT molecular complexity index is 147. The van der Waals surface area contributed by atoms with Crippen molar-refractivity contribution in [1.29, 1.82) is 0 Å². The highest BCUT2D eigenvalue weighted by molar-refractivity contribution is 7.99. The van der Waals surface area contributed by atoms with Gasteiger partial charge in [-0.1, -0.05) is 13.3 Å². The fraction of sp³-hybridized carbons (Fsp3) is 1.00. The molecule has 0 saturated carbocycles. The molecule has 0 aromatic rings. The molecule has 1 saturated heterocycles. The molecule has 1 unspecified atom stereocenters. The second-order valence-electron chi connectivity index (χ2n) is 4.41. The molecule has 1 atom stereocenters. The van der Waals surface area contributed by atoms with Gasteiger partial charge in [-0.25, -0.2) is 0 Å². The van der Waals surface area contributed by atoms with E-state index in [1.807, 2.05) is 11.8 Å². The fourth-order valence-electron chi connectivity index (χ4n) is 2.12. The quantitative estimate of drug-likeness (QED) is 0.675. The number of thioether (sulfide) groups is 1. The Morgan fingerprint density at radius 2 is 2.00 bits per heavy atom. The molecule has 1 aliphatic heterocycles. The molecule has 3 heteroatoms. The third-order valence-electron chi connectivity index (χ3n) is 2.92. The van der Waals surface area contributed by atoms with Crippen LogP contribution in [0.1, 0.15) is 33.1 Å². The Kier molecular flexibility index (Phi) is 7.49. The van der Waals surface area contributed by atoms with Gasteiger partial charge in [-0.2, -0.15) is 11.8 Å². The van der Waals surface area contributed by atoms with Gasteiger partial charge in [0.25, 0.3) is 0 Å². The van der Waals surface area contributed by atoms with Gasteiger partial charge in [-0.05, 0) is 38.6 Å². The van der Waals surface area contributed by atoms with E-state index in [0.29, 0.717) is 6.04 Å². The van der Waals surface area contributed by atoms with Crippen LogP contribution in [0.15, 0.2) is 0 Å². The molecular weight excluding hydrogens is 204 g/mol. The van der Waals surface area contributed by atoms with Crippen LogP contribution in [-0.4, -0.2) is 48.6 Å². The lowest BCUT2D eigenvalue weighted by Gasteiger charge is -2.29. The van der Waals surface area contributed by atoms with Crippen molar-refractivity contribution in [2.24, 2.45) is 0 Å². The molecule has 2 nitrogen and oxygen atoms in total. The predicted octanol–water partition coefficient (Wildman–Crippen LogP) is 2.20. The van der Waals surface area contributed by atoms with E-state index in [2.05, 4.69) is 24.1 Å². The lowest BCUT2D eigenvalue weighted by molar-refractivity contribution is 0.210. The Balaban J connectivity index is 1.98. The minimum Gasteiger partial charge on any atom is -0.312 e. The maximum Gasteiger partial charge on any atom is 0.0167 e. The smallest absolute Gasteiger partial charge is 0.0167 e. The lowest BCUT2D eigenvalue weighted by atomic mass is 10.1. The van der Waals surface area contributed by atoms with Gasteiger partial charge < -0.3 is 10.2 Å². The van der Waals surface area contributed by atoms with Crippen molar-refractivity contribution in [2.75, 3.05) is 37.7 Å². The molecule has 1 heterocycles. The van der Waals surface area contributed by atoms with Crippen LogP contribution in [0.4, 0.5) is 0 Å². The second kappa shape index (κ2) is 8.43. The van der Waals surface area contributed by atoms with E-state index >= 15 is 0 Å². The third kappa shape index (κ3) is 6.44. The van der Waals surface area contributed by atoms with Crippen LogP contribution in [0.2, 0.25) is 0 Å². The Morgan fingerprint density at radius 1 is 1.27 bits per heavy atom. The molecule has 0 radical (unpaired) electrons. The van der Waals surface area contributed by atoms with Gasteiger partial charge in [0.05, 0.1) is 0 Å². The Hall–Kier alpha value is 0.270. The number of hydrogen-bond donors (Lipinski definition) is 1. The first-order valence-electron chi connectivity index (χ1n) is 6.36. The molecule has 0 aromatic heterocycles. The Labute approximate surface area is 99.2 Å². The summed E-state index contributed by atoms with van der Waals surface area (Å²) in [5.41, 5.74) is 0. The van der Waals surface area contributed by atoms with E-state index in [1.165, 1.54) is 50.4 Å². The van der Waals surface area contributed by atoms with E-state index in [-0.39, 0.29) is 0 Å². The summed E-state index contributed by atoms with van der Waals surface area (Å²) in [7, 11) is 0. The lowest BCUT2D eigenvalue weighted by Crippen LogP contribution is -2.42. The largest absolute Gasteiger partial charge is 0.312 e. The van der Waals surface area contributed by atoms with Gasteiger partial charge in [-0.3, -0.25) is 0 Å². The van der Waals surface area contributed by atoms with Crippen molar-refractivity contribution in [3.8, 4) is 0 Å². The third-order valence-corrected chi connectivity index (χ3v) is 3.83. The number of likely N-dealkylation sites (tertiary alicyclic amines) is 1. The molecular formula is C12H26N2S. The van der Waals surface area contributed by atoms with Crippen LogP contribution >= 0.6 is 11.8 Å². The normalized spacial score (nSPS) is 20.4. The van der Waals surface area contributed by atoms with E-state index in [4.69, 9.17) is 0 Å². The molecule has 1 fully saturated rings. The molecule has 0 bridgehead atoms. The van der Waals surface area contributed by atoms with Gasteiger partial charge in [0, 0.05) is 24.9 Å². The SMILES string of the molecule is CCSCCNC(C)CN1CCCCC1. The highest BCUT2D eigenvalue weighted by Crippen LogP contribution is 2.08. The van der Waals surface area contributed by atoms with Crippen molar-refractivity contribution in [1.82, 2.24) is 10.2 Å². The van der Waals surface area contributed by atoms with Crippen LogP contribution in [0.25, 0.3) is 0 Å². The summed E-state index contributed by atoms with van der Waals surface area (Å²) in [6.45, 7) is 9.56. The number of rotatable bonds is 7. The van der Waals surface area contributed by atoms with Crippen LogP contribution in [0.3, 0.4) is 0 Å². The summed E-state index contributed by atoms with van der Waals surface area (Å²) in [5.74, 6) is 2.49. The first kappa shape index (κ1) is 13.3. The zero-order valence-electron chi connectivity index (χ0n) is 10.3. The fourth-order valence-corrected chi connectivity index (χ4v) is 2.67. The van der Waals surface area contributed by atoms with Crippen molar-refractivity contribution < 1.29 is 0 Å². The van der Waals surface area contributed by atoms with Gasteiger partial charge in [0.15, 0.2) is 0 Å². The zero-order chi connectivity index (χ0) is 10.9. The number of piperidine rings is 1. The number of hydrogen-bond acceptors (Lipinski definition) is 3. The minimum absolute atomic E-state index is 0.653. The highest BCUT2D eigenvalue weighted by atomic mass is 32.2. The van der Waals surface area contributed by atoms with Crippen LogP contribution in [-0.2, 0) is 0 Å². The van der Waals surface area contributed by atoms with E-state index in [0.717, 1.165) is 6.54 Å². The summed E-state index contributed by atoms with van der Waals surface area (Å²) in [4.78, 5) is 2.61. The zero-order valence-corrected chi connectivity index (χ0v) is 11.1. The summed E-state index contributed by atoms with van der Waals surface area (Å²) >= 11 is 2.02. The van der Waals surface area contributed by atoms with Crippen molar-refractivity contribution in [2.45, 2.75) is 39.2 Å². The average molecular weight is 230 g/mol. The van der Waals surface area contributed by atoms with Crippen molar-refractivity contribution in [3.63, 3.8) is 0 Å². The molecule has 15 heavy (non-hydrogen) atoms. The van der Waals surface area contributed by atoms with Gasteiger partial charge in [0.1, 0.15) is 0 Å². The van der Waals surface area contributed by atoms with Crippen molar-refractivity contribution >= 4 is 11.8 Å². The van der Waals surface area contributed by atoms with Crippen LogP contribution < -0.4 is 5.32 Å². The molecule has 0 spiro atoms. The Morgan fingerprint density at radius 3 is 2.67 bits per heavy atom. The standard InChI is InChI=1S/C12H26N2S/c1-3-15-10-7-13-12(2)11-14-8-5-4-6-9-14/h12-13H,3-11H2,1-2H3. The molecule has 1 N–H and O–H groups in total. The summed E-state index contributed by atoms with van der Waals surface area (Å²) in [6.07, 6.45) is 4.24. The average Bonchev–Trinajstić information content (AvgIpc) is 2.26. The monoisotopic (exact) mass is 230 g/mol. The van der Waals surface area contributed by atoms with Gasteiger partial charge >= 0.3 is 0 Å². The first-order chi connectivity index (χ1) is 7.33. The summed E-state index contributed by atoms with van der Waals surface area (Å²) < 4.78 is 0. The predicted molar refractivity (Wildman–Crippen MR) is 70.8 cm³/mol. The van der Waals surface area contributed by atoms with E-state index in [1.54, 1.807) is 0 Å². The maximum absolute atomic E-state index is 3.60. The minimum atomic E-state index is 0.653. The van der Waals surface area contributed by atoms with Crippen LogP contribution in [0, 0.1) is 0 Å². The van der Waals surface area contributed by atoms with Gasteiger partial charge in [0.2, 0.25) is 0 Å². The highest BCUT2D eigenvalue weighted by Gasteiger charge is 2.12. The summed E-state index contributed by atoms with van der Waals surface area (Å²) in [6, 6.07) is 0.653. The number of nitrogens with one attached hydrogen (secondary N) is 1. The molecule has 0 aliphatic carbocycles.